The normalized spacial score (nSPS) is 12.5. The number of hydrogen-bond donors (Lipinski definition) is 2. The maximum absolute atomic E-state index is 13.6. The van der Waals surface area contributed by atoms with Gasteiger partial charge in [-0.1, -0.05) is 72.8 Å². The van der Waals surface area contributed by atoms with E-state index in [-0.39, 0.29) is 67.4 Å². The molecule has 0 atom stereocenters. The quantitative estimate of drug-likeness (QED) is 0.0847. The molecule has 0 unspecified atom stereocenters. The minimum atomic E-state index is -1.02. The lowest BCUT2D eigenvalue weighted by molar-refractivity contribution is -0.395. The average molecular weight is 1110 g/mol. The largest absolute Gasteiger partial charge is 0.483 e. The molecule has 2 N–H and O–H groups in total. The van der Waals surface area contributed by atoms with Gasteiger partial charge in [-0.2, -0.15) is 0 Å². The fourth-order valence-electron chi connectivity index (χ4n) is 9.15. The molecule has 26 heteroatoms. The van der Waals surface area contributed by atoms with Crippen LogP contribution in [0.5, 0.6) is 57.5 Å². The highest BCUT2D eigenvalue weighted by molar-refractivity contribution is 6.31. The number of nitro groups is 4. The summed E-state index contributed by atoms with van der Waals surface area (Å²) in [7, 11) is 0. The van der Waals surface area contributed by atoms with Gasteiger partial charge in [0, 0.05) is 81.9 Å². The number of ketones is 4. The Hall–Kier alpha value is -12.2. The van der Waals surface area contributed by atoms with Crippen molar-refractivity contribution in [3.63, 3.8) is 0 Å². The molecule has 8 bridgehead atoms. The molecule has 0 radical (unpaired) electrons. The van der Waals surface area contributed by atoms with Gasteiger partial charge >= 0.3 is 22.7 Å². The Kier molecular flexibility index (Phi) is 13.0. The summed E-state index contributed by atoms with van der Waals surface area (Å²) in [5.41, 5.74) is -3.57. The number of anilines is 2. The highest BCUT2D eigenvalue weighted by atomic mass is 16.6. The van der Waals surface area contributed by atoms with Crippen LogP contribution in [0.3, 0.4) is 0 Å². The summed E-state index contributed by atoms with van der Waals surface area (Å²) in [5, 5.41) is 55.2. The highest BCUT2D eigenvalue weighted by Crippen LogP contribution is 2.48. The van der Waals surface area contributed by atoms with E-state index in [2.05, 4.69) is 10.6 Å². The van der Waals surface area contributed by atoms with E-state index >= 15 is 0 Å². The molecule has 2 amide bonds. The van der Waals surface area contributed by atoms with E-state index < -0.39 is 137 Å². The zero-order valence-electron chi connectivity index (χ0n) is 41.2. The van der Waals surface area contributed by atoms with Gasteiger partial charge in [0.1, 0.15) is 46.6 Å². The van der Waals surface area contributed by atoms with Crippen LogP contribution in [-0.4, -0.2) is 67.9 Å². The van der Waals surface area contributed by atoms with Crippen molar-refractivity contribution < 1.29 is 76.9 Å². The molecular formula is C56H30N6O20. The first-order valence-corrected chi connectivity index (χ1v) is 23.8. The Morgan fingerprint density at radius 1 is 0.378 bits per heavy atom. The van der Waals surface area contributed by atoms with E-state index in [1.165, 1.54) is 60.7 Å². The number of rotatable bonds is 12. The third-order valence-corrected chi connectivity index (χ3v) is 12.7. The SMILES string of the molecule is O=C(COc1cc2cc(c1)Oc1cc(c([N+](=O)[O-])cc1[N+](=O)[O-])Oc1cc(OCC(=O)Nc3cccc4c3C(=O)c3ccccc3C4=O)cc(c1)Oc1cc(c([N+](=O)[O-])cc1[N+](=O)[O-])O2)Nc1cccc2c1C(=O)c1ccccc1C2=O. The smallest absolute Gasteiger partial charge is 0.318 e. The topological polar surface area (TPSA) is 354 Å². The van der Waals surface area contributed by atoms with E-state index in [4.69, 9.17) is 28.4 Å². The summed E-state index contributed by atoms with van der Waals surface area (Å²) in [5.74, 6) is -9.02. The zero-order valence-corrected chi connectivity index (χ0v) is 41.2. The van der Waals surface area contributed by atoms with Crippen LogP contribution in [0.25, 0.3) is 0 Å². The molecule has 1 aliphatic heterocycles. The predicted octanol–water partition coefficient (Wildman–Crippen LogP) is 10.4. The molecule has 0 fully saturated rings. The minimum Gasteiger partial charge on any atom is -0.483 e. The third-order valence-electron chi connectivity index (χ3n) is 12.7. The zero-order chi connectivity index (χ0) is 57.7. The number of amides is 2. The standard InChI is InChI=1S/C56H30N6O20/c63-49(57-39-13-5-11-37-51(39)55(67)35-9-3-1-7-33(35)53(37)65)25-77-27-15-29-19-30(16-27)80-46-24-48(44(62(75)76)22-42(46)60(71)72)82-32-18-28(17-31(20-32)81-47-23-45(79-29)41(59(69)70)21-43(47)61(73)74)78-26-50(64)58-40-14-6-12-38-52(40)56(68)36-10-4-2-8-34(36)54(38)66/h1-24H,25-26H2,(H,57,63)(H,58,64). The Morgan fingerprint density at radius 2 is 0.671 bits per heavy atom. The molecule has 11 rings (SSSR count). The molecule has 8 aromatic carbocycles. The van der Waals surface area contributed by atoms with Gasteiger partial charge < -0.3 is 39.1 Å². The van der Waals surface area contributed by atoms with Gasteiger partial charge in [0.2, 0.25) is 23.0 Å². The van der Waals surface area contributed by atoms with E-state index in [1.807, 2.05) is 0 Å². The molecule has 1 heterocycles. The van der Waals surface area contributed by atoms with E-state index in [1.54, 1.807) is 24.3 Å². The first kappa shape index (κ1) is 51.9. The molecule has 404 valence electrons. The Balaban J connectivity index is 0.937. The van der Waals surface area contributed by atoms with Gasteiger partial charge in [-0.25, -0.2) is 0 Å². The van der Waals surface area contributed by atoms with Crippen molar-refractivity contribution in [2.75, 3.05) is 23.8 Å². The number of hydrogen-bond acceptors (Lipinski definition) is 20. The third kappa shape index (κ3) is 9.78. The van der Waals surface area contributed by atoms with Crippen molar-refractivity contribution in [2.24, 2.45) is 0 Å². The molecule has 26 nitrogen and oxygen atoms in total. The molecule has 3 aliphatic rings. The summed E-state index contributed by atoms with van der Waals surface area (Å²) < 4.78 is 35.4. The lowest BCUT2D eigenvalue weighted by Crippen LogP contribution is -2.25. The van der Waals surface area contributed by atoms with E-state index in [9.17, 15) is 69.2 Å². The van der Waals surface area contributed by atoms with Crippen LogP contribution >= 0.6 is 0 Å². The lowest BCUT2D eigenvalue weighted by Gasteiger charge is -2.20. The van der Waals surface area contributed by atoms with Crippen LogP contribution in [0.15, 0.2) is 146 Å². The van der Waals surface area contributed by atoms with Gasteiger partial charge in [0.15, 0.2) is 36.3 Å². The lowest BCUT2D eigenvalue weighted by atomic mass is 9.83. The van der Waals surface area contributed by atoms with Crippen LogP contribution < -0.4 is 39.1 Å². The van der Waals surface area contributed by atoms with Crippen LogP contribution in [0, 0.1) is 40.5 Å². The maximum atomic E-state index is 13.6. The van der Waals surface area contributed by atoms with Crippen LogP contribution in [0.4, 0.5) is 34.1 Å². The molecule has 8 aromatic rings. The number of ether oxygens (including phenoxy) is 6. The first-order chi connectivity index (χ1) is 39.4. The number of nitro benzene ring substituents is 4. The number of nitrogens with one attached hydrogen (secondary N) is 2. The highest BCUT2D eigenvalue weighted by Gasteiger charge is 2.35. The number of carbonyl (C=O) groups excluding carboxylic acids is 6. The Bertz CT molecular complexity index is 3850. The van der Waals surface area contributed by atoms with Crippen molar-refractivity contribution in [3.8, 4) is 57.5 Å². The summed E-state index contributed by atoms with van der Waals surface area (Å²) >= 11 is 0. The van der Waals surface area contributed by atoms with Crippen molar-refractivity contribution in [2.45, 2.75) is 0 Å². The predicted molar refractivity (Wildman–Crippen MR) is 280 cm³/mol. The fourth-order valence-corrected chi connectivity index (χ4v) is 9.15. The number of benzene rings is 8. The second kappa shape index (κ2) is 20.6. The van der Waals surface area contributed by atoms with Gasteiger partial charge in [-0.05, 0) is 12.1 Å². The monoisotopic (exact) mass is 1110 g/mol. The van der Waals surface area contributed by atoms with Crippen molar-refractivity contribution in [1.82, 2.24) is 0 Å². The number of nitrogens with zero attached hydrogens (tertiary/aromatic N) is 4. The molecule has 82 heavy (non-hydrogen) atoms. The molecular weight excluding hydrogens is 1080 g/mol. The summed E-state index contributed by atoms with van der Waals surface area (Å²) in [6.45, 7) is -1.70. The minimum absolute atomic E-state index is 0.0308. The van der Waals surface area contributed by atoms with Gasteiger partial charge in [0.25, 0.3) is 11.8 Å². The number of carbonyl (C=O) groups is 6. The van der Waals surface area contributed by atoms with Crippen LogP contribution in [0.1, 0.15) is 63.7 Å². The van der Waals surface area contributed by atoms with Gasteiger partial charge in [-0.15, -0.1) is 0 Å². The van der Waals surface area contributed by atoms with Crippen LogP contribution in [-0.2, 0) is 9.59 Å². The summed E-state index contributed by atoms with van der Waals surface area (Å²) in [4.78, 5) is 127. The van der Waals surface area contributed by atoms with Gasteiger partial charge in [-0.3, -0.25) is 69.2 Å². The second-order valence-corrected chi connectivity index (χ2v) is 17.8. The second-order valence-electron chi connectivity index (χ2n) is 17.8. The van der Waals surface area contributed by atoms with Crippen molar-refractivity contribution in [3.05, 3.63) is 231 Å². The fraction of sp³-hybridized carbons (Fsp3) is 0.0357. The van der Waals surface area contributed by atoms with Gasteiger partial charge in [0.05, 0.1) is 42.2 Å². The molecule has 0 spiro atoms. The molecule has 0 saturated heterocycles. The van der Waals surface area contributed by atoms with Crippen LogP contribution in [0.2, 0.25) is 0 Å². The summed E-state index contributed by atoms with van der Waals surface area (Å²) in [6, 6.07) is 29.7. The van der Waals surface area contributed by atoms with E-state index in [0.29, 0.717) is 12.1 Å². The number of fused-ring (bicyclic) bond motifs is 12. The molecule has 0 aromatic heterocycles. The first-order valence-electron chi connectivity index (χ1n) is 23.8. The molecule has 2 aliphatic carbocycles. The molecule has 0 saturated carbocycles. The Labute approximate surface area is 456 Å². The van der Waals surface area contributed by atoms with Crippen molar-refractivity contribution >= 4 is 69.1 Å². The maximum Gasteiger partial charge on any atom is 0.318 e. The van der Waals surface area contributed by atoms with Crippen molar-refractivity contribution in [1.29, 1.82) is 0 Å². The van der Waals surface area contributed by atoms with E-state index in [0.717, 1.165) is 48.5 Å². The average Bonchev–Trinajstić information content (AvgIpc) is 3.47. The summed E-state index contributed by atoms with van der Waals surface area (Å²) in [6.07, 6.45) is 0. The Morgan fingerprint density at radius 3 is 0.976 bits per heavy atom.